The number of fused-ring (bicyclic) bond motifs is 3. The van der Waals surface area contributed by atoms with Crippen LogP contribution in [0.3, 0.4) is 0 Å². The predicted molar refractivity (Wildman–Crippen MR) is 83.3 cm³/mol. The van der Waals surface area contributed by atoms with Crippen LogP contribution in [0.5, 0.6) is 0 Å². The molecule has 0 saturated carbocycles. The van der Waals surface area contributed by atoms with Gasteiger partial charge in [-0.25, -0.2) is 8.42 Å². The molecular weight excluding hydrogens is 307 g/mol. The van der Waals surface area contributed by atoms with Gasteiger partial charge in [-0.1, -0.05) is 54.6 Å². The zero-order valence-corrected chi connectivity index (χ0v) is 15.1. The molecule has 0 radical (unpaired) electrons. The number of hydrogen-bond acceptors (Lipinski definition) is 3. The molecule has 0 amide bonds. The van der Waals surface area contributed by atoms with Gasteiger partial charge in [0, 0.05) is 5.39 Å². The first kappa shape index (κ1) is 17.2. The third-order valence-electron chi connectivity index (χ3n) is 3.57. The molecule has 3 rings (SSSR count). The summed E-state index contributed by atoms with van der Waals surface area (Å²) in [5.74, 6) is 0. The summed E-state index contributed by atoms with van der Waals surface area (Å²) in [7, 11) is -4.55. The maximum absolute atomic E-state index is 11.7. The summed E-state index contributed by atoms with van der Waals surface area (Å²) >= 11 is 0. The van der Waals surface area contributed by atoms with Crippen LogP contribution < -0.4 is 29.6 Å². The van der Waals surface area contributed by atoms with E-state index in [2.05, 4.69) is 6.58 Å². The van der Waals surface area contributed by atoms with Gasteiger partial charge in [0.2, 0.25) is 0 Å². The summed E-state index contributed by atoms with van der Waals surface area (Å²) in [6.45, 7) is 3.61. The minimum absolute atomic E-state index is 0. The van der Waals surface area contributed by atoms with E-state index < -0.39 is 10.1 Å². The molecule has 3 aromatic rings. The minimum atomic E-state index is -4.55. The SMILES string of the molecule is C=CCc1ccc2c(ccc3ccccc32)c1S(=O)(=O)[O-].[Na+]. The van der Waals surface area contributed by atoms with E-state index in [1.807, 2.05) is 36.4 Å². The van der Waals surface area contributed by atoms with Crippen LogP contribution in [0, 0.1) is 0 Å². The normalized spacial score (nSPS) is 11.3. The molecule has 0 heterocycles. The predicted octanol–water partition coefficient (Wildman–Crippen LogP) is 0.630. The van der Waals surface area contributed by atoms with Crippen LogP contribution in [0.1, 0.15) is 5.56 Å². The van der Waals surface area contributed by atoms with Crippen molar-refractivity contribution in [2.45, 2.75) is 11.3 Å². The van der Waals surface area contributed by atoms with Gasteiger partial charge in [0.15, 0.2) is 0 Å². The van der Waals surface area contributed by atoms with Gasteiger partial charge in [-0.2, -0.15) is 0 Å². The molecule has 0 aliphatic rings. The van der Waals surface area contributed by atoms with E-state index in [1.165, 1.54) is 0 Å². The molecule has 3 aromatic carbocycles. The maximum Gasteiger partial charge on any atom is 1.00 e. The van der Waals surface area contributed by atoms with E-state index in [-0.39, 0.29) is 34.5 Å². The molecule has 0 atom stereocenters. The number of hydrogen-bond donors (Lipinski definition) is 0. The Labute approximate surface area is 151 Å². The van der Waals surface area contributed by atoms with E-state index in [4.69, 9.17) is 0 Å². The molecule has 0 fully saturated rings. The molecule has 22 heavy (non-hydrogen) atoms. The van der Waals surface area contributed by atoms with Crippen molar-refractivity contribution < 1.29 is 42.5 Å². The summed E-state index contributed by atoms with van der Waals surface area (Å²) in [6, 6.07) is 14.8. The smallest absolute Gasteiger partial charge is 0.744 e. The van der Waals surface area contributed by atoms with Crippen LogP contribution in [-0.4, -0.2) is 13.0 Å². The van der Waals surface area contributed by atoms with Crippen LogP contribution in [0.4, 0.5) is 0 Å². The number of rotatable bonds is 3. The molecule has 3 nitrogen and oxygen atoms in total. The van der Waals surface area contributed by atoms with Gasteiger partial charge >= 0.3 is 29.6 Å². The van der Waals surface area contributed by atoms with Crippen LogP contribution >= 0.6 is 0 Å². The Hall–Kier alpha value is -1.17. The molecule has 0 saturated heterocycles. The number of benzene rings is 3. The number of allylic oxidation sites excluding steroid dienone is 1. The van der Waals surface area contributed by atoms with Gasteiger partial charge in [-0.15, -0.1) is 6.58 Å². The molecular formula is C17H13NaO3S. The van der Waals surface area contributed by atoms with Crippen molar-refractivity contribution in [2.24, 2.45) is 0 Å². The summed E-state index contributed by atoms with van der Waals surface area (Å²) in [4.78, 5) is -0.134. The summed E-state index contributed by atoms with van der Waals surface area (Å²) in [6.07, 6.45) is 1.94. The standard InChI is InChI=1S/C17H14O3S.Na/c1-2-5-13-9-10-15-14-7-4-3-6-12(14)8-11-16(15)17(13)21(18,19)20;/h2-4,6-11H,1,5H2,(H,18,19,20);/q;+1/p-1. The van der Waals surface area contributed by atoms with Crippen molar-refractivity contribution in [3.63, 3.8) is 0 Å². The molecule has 0 N–H and O–H groups in total. The first-order valence-electron chi connectivity index (χ1n) is 6.52. The second-order valence-corrected chi connectivity index (χ2v) is 6.20. The summed E-state index contributed by atoms with van der Waals surface area (Å²) < 4.78 is 35.1. The summed E-state index contributed by atoms with van der Waals surface area (Å²) in [5, 5.41) is 3.19. The van der Waals surface area contributed by atoms with Crippen molar-refractivity contribution in [1.29, 1.82) is 0 Å². The molecule has 0 aliphatic heterocycles. The van der Waals surface area contributed by atoms with Crippen molar-refractivity contribution >= 4 is 31.7 Å². The zero-order chi connectivity index (χ0) is 15.0. The zero-order valence-electron chi connectivity index (χ0n) is 12.2. The van der Waals surface area contributed by atoms with Crippen molar-refractivity contribution in [1.82, 2.24) is 0 Å². The molecule has 0 aliphatic carbocycles. The fourth-order valence-corrected chi connectivity index (χ4v) is 3.64. The largest absolute Gasteiger partial charge is 1.00 e. The quantitative estimate of drug-likeness (QED) is 0.308. The van der Waals surface area contributed by atoms with Crippen molar-refractivity contribution in [3.05, 3.63) is 66.7 Å². The van der Waals surface area contributed by atoms with Crippen molar-refractivity contribution in [3.8, 4) is 0 Å². The Bertz CT molecular complexity index is 962. The fourth-order valence-electron chi connectivity index (χ4n) is 2.72. The van der Waals surface area contributed by atoms with Crippen molar-refractivity contribution in [2.75, 3.05) is 0 Å². The Balaban J connectivity index is 0.00000176. The third kappa shape index (κ3) is 2.98. The second-order valence-electron chi connectivity index (χ2n) is 4.88. The Morgan fingerprint density at radius 2 is 1.64 bits per heavy atom. The van der Waals surface area contributed by atoms with Crippen LogP contribution in [-0.2, 0) is 16.5 Å². The third-order valence-corrected chi connectivity index (χ3v) is 4.55. The van der Waals surface area contributed by atoms with E-state index in [0.717, 1.165) is 16.2 Å². The molecule has 0 spiro atoms. The van der Waals surface area contributed by atoms with Gasteiger partial charge in [0.05, 0.1) is 4.90 Å². The average Bonchev–Trinajstić information content (AvgIpc) is 2.45. The van der Waals surface area contributed by atoms with Gasteiger partial charge < -0.3 is 4.55 Å². The fraction of sp³-hybridized carbons (Fsp3) is 0.0588. The van der Waals surface area contributed by atoms with Crippen LogP contribution in [0.25, 0.3) is 21.5 Å². The van der Waals surface area contributed by atoms with Gasteiger partial charge in [-0.3, -0.25) is 0 Å². The van der Waals surface area contributed by atoms with E-state index in [9.17, 15) is 13.0 Å². The Kier molecular flexibility index (Phi) is 5.10. The Morgan fingerprint density at radius 1 is 0.955 bits per heavy atom. The second kappa shape index (κ2) is 6.52. The molecule has 0 bridgehead atoms. The van der Waals surface area contributed by atoms with Crippen LogP contribution in [0.15, 0.2) is 66.1 Å². The first-order chi connectivity index (χ1) is 10.0. The first-order valence-corrected chi connectivity index (χ1v) is 7.93. The van der Waals surface area contributed by atoms with E-state index in [1.54, 1.807) is 18.2 Å². The van der Waals surface area contributed by atoms with Crippen LogP contribution in [0.2, 0.25) is 0 Å². The topological polar surface area (TPSA) is 57.2 Å². The van der Waals surface area contributed by atoms with Gasteiger partial charge in [0.25, 0.3) is 0 Å². The molecule has 5 heteroatoms. The molecule has 0 aromatic heterocycles. The monoisotopic (exact) mass is 320 g/mol. The van der Waals surface area contributed by atoms with Gasteiger partial charge in [-0.05, 0) is 28.1 Å². The van der Waals surface area contributed by atoms with E-state index >= 15 is 0 Å². The average molecular weight is 320 g/mol. The minimum Gasteiger partial charge on any atom is -0.744 e. The molecule has 106 valence electrons. The van der Waals surface area contributed by atoms with E-state index in [0.29, 0.717) is 17.4 Å². The Morgan fingerprint density at radius 3 is 2.32 bits per heavy atom. The summed E-state index contributed by atoms with van der Waals surface area (Å²) in [5.41, 5.74) is 0.489. The maximum atomic E-state index is 11.7. The molecule has 0 unspecified atom stereocenters. The van der Waals surface area contributed by atoms with Gasteiger partial charge in [0.1, 0.15) is 10.1 Å².